The molecule has 4 rings (SSSR count). The van der Waals surface area contributed by atoms with Gasteiger partial charge in [-0.3, -0.25) is 9.59 Å². The summed E-state index contributed by atoms with van der Waals surface area (Å²) in [6.45, 7) is 7.23. The minimum Gasteiger partial charge on any atom is -0.339 e. The predicted molar refractivity (Wildman–Crippen MR) is 112 cm³/mol. The Hall–Kier alpha value is -3.62. The first kappa shape index (κ1) is 20.6. The number of aryl methyl sites for hydroxylation is 1. The van der Waals surface area contributed by atoms with Crippen LogP contribution in [-0.4, -0.2) is 67.5 Å². The Balaban J connectivity index is 1.60. The van der Waals surface area contributed by atoms with E-state index in [1.165, 1.54) is 29.9 Å². The molecule has 1 aliphatic heterocycles. The van der Waals surface area contributed by atoms with E-state index in [2.05, 4.69) is 15.1 Å². The van der Waals surface area contributed by atoms with Crippen molar-refractivity contribution in [2.75, 3.05) is 26.2 Å². The molecule has 0 saturated carbocycles. The molecule has 0 N–H and O–H groups in total. The molecule has 3 heterocycles. The van der Waals surface area contributed by atoms with E-state index >= 15 is 0 Å². The number of amides is 2. The number of aromatic nitrogens is 4. The van der Waals surface area contributed by atoms with Crippen molar-refractivity contribution in [1.82, 2.24) is 29.5 Å². The molecule has 9 heteroatoms. The van der Waals surface area contributed by atoms with Crippen LogP contribution in [0.2, 0.25) is 0 Å². The van der Waals surface area contributed by atoms with E-state index < -0.39 is 0 Å². The summed E-state index contributed by atoms with van der Waals surface area (Å²) in [5.41, 5.74) is 3.40. The van der Waals surface area contributed by atoms with Crippen LogP contribution in [0.3, 0.4) is 0 Å². The Kier molecular flexibility index (Phi) is 5.50. The summed E-state index contributed by atoms with van der Waals surface area (Å²) < 4.78 is 14.8. The maximum Gasteiger partial charge on any atom is 0.257 e. The number of halogens is 1. The van der Waals surface area contributed by atoms with E-state index in [-0.39, 0.29) is 17.6 Å². The van der Waals surface area contributed by atoms with Crippen molar-refractivity contribution < 1.29 is 14.0 Å². The third-order valence-corrected chi connectivity index (χ3v) is 5.52. The fourth-order valence-corrected chi connectivity index (χ4v) is 3.65. The van der Waals surface area contributed by atoms with Gasteiger partial charge in [-0.25, -0.2) is 19.0 Å². The van der Waals surface area contributed by atoms with Crippen molar-refractivity contribution in [3.05, 3.63) is 59.3 Å². The third-order valence-electron chi connectivity index (χ3n) is 5.52. The topological polar surface area (TPSA) is 84.2 Å². The van der Waals surface area contributed by atoms with Gasteiger partial charge in [-0.1, -0.05) is 0 Å². The van der Waals surface area contributed by atoms with Gasteiger partial charge in [0.25, 0.3) is 11.9 Å². The van der Waals surface area contributed by atoms with Gasteiger partial charge in [-0.05, 0) is 43.7 Å². The van der Waals surface area contributed by atoms with E-state index in [0.717, 1.165) is 11.1 Å². The number of nitrogens with zero attached hydrogens (tertiary/aromatic N) is 6. The maximum atomic E-state index is 13.3. The van der Waals surface area contributed by atoms with Crippen LogP contribution in [0.15, 0.2) is 36.7 Å². The van der Waals surface area contributed by atoms with Crippen LogP contribution in [-0.2, 0) is 4.79 Å². The van der Waals surface area contributed by atoms with Gasteiger partial charge < -0.3 is 9.80 Å². The lowest BCUT2D eigenvalue weighted by atomic mass is 10.1. The molecule has 2 amide bonds. The molecule has 160 valence electrons. The second-order valence-electron chi connectivity index (χ2n) is 7.56. The number of piperazine rings is 1. The number of hydrogen-bond donors (Lipinski definition) is 0. The molecule has 1 aliphatic rings. The van der Waals surface area contributed by atoms with Gasteiger partial charge in [0, 0.05) is 44.9 Å². The molecule has 8 nitrogen and oxygen atoms in total. The summed E-state index contributed by atoms with van der Waals surface area (Å²) in [6, 6.07) is 6.11. The highest BCUT2D eigenvalue weighted by Crippen LogP contribution is 2.23. The van der Waals surface area contributed by atoms with Crippen molar-refractivity contribution in [3.63, 3.8) is 0 Å². The van der Waals surface area contributed by atoms with E-state index in [9.17, 15) is 14.0 Å². The highest BCUT2D eigenvalue weighted by atomic mass is 19.1. The van der Waals surface area contributed by atoms with E-state index in [1.54, 1.807) is 35.1 Å². The van der Waals surface area contributed by atoms with Crippen LogP contribution in [0, 0.1) is 19.7 Å². The van der Waals surface area contributed by atoms with Crippen LogP contribution < -0.4 is 0 Å². The van der Waals surface area contributed by atoms with Crippen LogP contribution >= 0.6 is 0 Å². The molecule has 0 spiro atoms. The third kappa shape index (κ3) is 4.03. The molecule has 0 unspecified atom stereocenters. The van der Waals surface area contributed by atoms with Crippen molar-refractivity contribution >= 4 is 11.8 Å². The quantitative estimate of drug-likeness (QED) is 0.647. The summed E-state index contributed by atoms with van der Waals surface area (Å²) >= 11 is 0. The average molecular weight is 422 g/mol. The number of benzene rings is 1. The molecule has 3 aromatic rings. The predicted octanol–water partition coefficient (Wildman–Crippen LogP) is 2.39. The Morgan fingerprint density at radius 3 is 2.26 bits per heavy atom. The van der Waals surface area contributed by atoms with Gasteiger partial charge in [-0.2, -0.15) is 5.10 Å². The van der Waals surface area contributed by atoms with Crippen molar-refractivity contribution in [2.45, 2.75) is 20.8 Å². The first-order valence-electron chi connectivity index (χ1n) is 10.0. The molecule has 0 radical (unpaired) electrons. The van der Waals surface area contributed by atoms with E-state index in [4.69, 9.17) is 0 Å². The molecule has 0 aliphatic carbocycles. The molecule has 31 heavy (non-hydrogen) atoms. The summed E-state index contributed by atoms with van der Waals surface area (Å²) in [6.07, 6.45) is 3.21. The molecule has 0 bridgehead atoms. The van der Waals surface area contributed by atoms with Gasteiger partial charge in [0.1, 0.15) is 5.82 Å². The normalized spacial score (nSPS) is 14.1. The van der Waals surface area contributed by atoms with E-state index in [0.29, 0.717) is 49.1 Å². The molecular formula is C22H23FN6O2. The Labute approximate surface area is 179 Å². The van der Waals surface area contributed by atoms with Crippen LogP contribution in [0.4, 0.5) is 4.39 Å². The van der Waals surface area contributed by atoms with E-state index in [1.807, 2.05) is 6.92 Å². The number of carbonyl (C=O) groups excluding carboxylic acids is 2. The largest absolute Gasteiger partial charge is 0.339 e. The zero-order valence-corrected chi connectivity index (χ0v) is 17.7. The molecular weight excluding hydrogens is 399 g/mol. The number of rotatable bonds is 3. The Morgan fingerprint density at radius 2 is 1.61 bits per heavy atom. The number of carbonyl (C=O) groups is 2. The van der Waals surface area contributed by atoms with Crippen LogP contribution in [0.1, 0.15) is 28.5 Å². The first-order chi connectivity index (χ1) is 14.8. The first-order valence-corrected chi connectivity index (χ1v) is 10.0. The summed E-state index contributed by atoms with van der Waals surface area (Å²) in [5, 5.41) is 4.34. The van der Waals surface area contributed by atoms with Crippen molar-refractivity contribution in [2.24, 2.45) is 0 Å². The molecule has 0 atom stereocenters. The van der Waals surface area contributed by atoms with Gasteiger partial charge in [-0.15, -0.1) is 0 Å². The SMILES string of the molecule is CC(=O)N1CCN(C(=O)c2cnn(-c3ncc(C)c(-c4ccc(F)cc4)n3)c2C)CC1. The Bertz CT molecular complexity index is 1130. The molecule has 2 aromatic heterocycles. The van der Waals surface area contributed by atoms with Crippen molar-refractivity contribution in [3.8, 4) is 17.2 Å². The molecule has 1 saturated heterocycles. The lowest BCUT2D eigenvalue weighted by Gasteiger charge is -2.34. The fourth-order valence-electron chi connectivity index (χ4n) is 3.65. The van der Waals surface area contributed by atoms with Gasteiger partial charge in [0.2, 0.25) is 5.91 Å². The summed E-state index contributed by atoms with van der Waals surface area (Å²) in [5.74, 6) is -0.0869. The van der Waals surface area contributed by atoms with Crippen molar-refractivity contribution in [1.29, 1.82) is 0 Å². The average Bonchev–Trinajstić information content (AvgIpc) is 3.15. The highest BCUT2D eigenvalue weighted by Gasteiger charge is 2.26. The second kappa shape index (κ2) is 8.25. The van der Waals surface area contributed by atoms with Gasteiger partial charge in [0.15, 0.2) is 0 Å². The maximum absolute atomic E-state index is 13.3. The number of hydrogen-bond acceptors (Lipinski definition) is 5. The smallest absolute Gasteiger partial charge is 0.257 e. The zero-order valence-electron chi connectivity index (χ0n) is 17.7. The van der Waals surface area contributed by atoms with Crippen LogP contribution in [0.25, 0.3) is 17.2 Å². The highest BCUT2D eigenvalue weighted by molar-refractivity contribution is 5.95. The zero-order chi connectivity index (χ0) is 22.1. The minimum atomic E-state index is -0.314. The molecule has 1 fully saturated rings. The minimum absolute atomic E-state index is 0.0181. The fraction of sp³-hybridized carbons (Fsp3) is 0.318. The standard InChI is InChI=1S/C22H23FN6O2/c1-14-12-24-22(26-20(14)17-4-6-18(23)7-5-17)29-15(2)19(13-25-29)21(31)28-10-8-27(9-11-28)16(3)30/h4-7,12-13H,8-11H2,1-3H3. The monoisotopic (exact) mass is 422 g/mol. The second-order valence-corrected chi connectivity index (χ2v) is 7.56. The lowest BCUT2D eigenvalue weighted by molar-refractivity contribution is -0.130. The molecule has 1 aromatic carbocycles. The van der Waals surface area contributed by atoms with Gasteiger partial charge >= 0.3 is 0 Å². The van der Waals surface area contributed by atoms with Gasteiger partial charge in [0.05, 0.1) is 23.1 Å². The summed E-state index contributed by atoms with van der Waals surface area (Å²) in [7, 11) is 0. The van der Waals surface area contributed by atoms with Crippen LogP contribution in [0.5, 0.6) is 0 Å². The Morgan fingerprint density at radius 1 is 0.968 bits per heavy atom. The lowest BCUT2D eigenvalue weighted by Crippen LogP contribution is -2.50. The summed E-state index contributed by atoms with van der Waals surface area (Å²) in [4.78, 5) is 37.0.